The lowest BCUT2D eigenvalue weighted by Crippen LogP contribution is -2.49. The van der Waals surface area contributed by atoms with E-state index in [0.717, 1.165) is 19.3 Å². The van der Waals surface area contributed by atoms with Crippen LogP contribution in [0.4, 0.5) is 0 Å². The summed E-state index contributed by atoms with van der Waals surface area (Å²) in [5, 5.41) is 13.0. The average molecular weight is 229 g/mol. The van der Waals surface area contributed by atoms with Gasteiger partial charge in [0, 0.05) is 12.1 Å². The first kappa shape index (κ1) is 13.9. The van der Waals surface area contributed by atoms with Gasteiger partial charge in [0.25, 0.3) is 0 Å². The van der Waals surface area contributed by atoms with Crippen molar-refractivity contribution in [2.24, 2.45) is 5.92 Å². The Balaban J connectivity index is 2.44. The van der Waals surface area contributed by atoms with Crippen LogP contribution in [-0.4, -0.2) is 36.0 Å². The Bertz CT molecular complexity index is 188. The summed E-state index contributed by atoms with van der Waals surface area (Å²) in [5.41, 5.74) is 0. The average Bonchev–Trinajstić information content (AvgIpc) is 2.23. The van der Waals surface area contributed by atoms with Gasteiger partial charge in [-0.3, -0.25) is 0 Å². The third kappa shape index (κ3) is 4.04. The molecule has 0 aromatic rings. The van der Waals surface area contributed by atoms with Gasteiger partial charge in [0.2, 0.25) is 0 Å². The molecular formula is C13H27NO2. The molecule has 0 aromatic heterocycles. The second-order valence-corrected chi connectivity index (χ2v) is 5.27. The van der Waals surface area contributed by atoms with Crippen molar-refractivity contribution in [2.45, 2.75) is 71.2 Å². The molecule has 1 heterocycles. The monoisotopic (exact) mass is 229 g/mol. The molecule has 4 atom stereocenters. The number of aliphatic hydroxyl groups is 1. The molecule has 0 aromatic carbocycles. The van der Waals surface area contributed by atoms with Crippen LogP contribution >= 0.6 is 0 Å². The summed E-state index contributed by atoms with van der Waals surface area (Å²) in [5.74, 6) is 0.526. The number of aliphatic hydroxyl groups excluding tert-OH is 1. The fourth-order valence-electron chi connectivity index (χ4n) is 2.53. The molecule has 0 bridgehead atoms. The van der Waals surface area contributed by atoms with E-state index in [9.17, 15) is 5.11 Å². The van der Waals surface area contributed by atoms with E-state index in [1.807, 2.05) is 0 Å². The first-order valence-corrected chi connectivity index (χ1v) is 6.59. The van der Waals surface area contributed by atoms with Crippen LogP contribution in [0, 0.1) is 5.92 Å². The van der Waals surface area contributed by atoms with E-state index in [1.165, 1.54) is 0 Å². The molecule has 16 heavy (non-hydrogen) atoms. The van der Waals surface area contributed by atoms with E-state index in [0.29, 0.717) is 24.2 Å². The largest absolute Gasteiger partial charge is 0.395 e. The second kappa shape index (κ2) is 6.58. The highest BCUT2D eigenvalue weighted by Crippen LogP contribution is 2.20. The van der Waals surface area contributed by atoms with E-state index < -0.39 is 0 Å². The first-order chi connectivity index (χ1) is 7.56. The Hall–Kier alpha value is -0.120. The summed E-state index contributed by atoms with van der Waals surface area (Å²) in [6, 6.07) is 0.720. The molecule has 0 saturated carbocycles. The number of hydrogen-bond acceptors (Lipinski definition) is 3. The highest BCUT2D eigenvalue weighted by Gasteiger charge is 2.27. The molecule has 3 heteroatoms. The molecular weight excluding hydrogens is 202 g/mol. The lowest BCUT2D eigenvalue weighted by molar-refractivity contribution is -0.0455. The maximum Gasteiger partial charge on any atom is 0.0587 e. The van der Waals surface area contributed by atoms with Crippen molar-refractivity contribution in [3.63, 3.8) is 0 Å². The number of ether oxygens (including phenoxy) is 1. The van der Waals surface area contributed by atoms with Gasteiger partial charge in [0.05, 0.1) is 18.8 Å². The van der Waals surface area contributed by atoms with Crippen LogP contribution in [0.3, 0.4) is 0 Å². The smallest absolute Gasteiger partial charge is 0.0587 e. The van der Waals surface area contributed by atoms with Crippen molar-refractivity contribution in [3.05, 3.63) is 0 Å². The van der Waals surface area contributed by atoms with Crippen LogP contribution in [0.15, 0.2) is 0 Å². The summed E-state index contributed by atoms with van der Waals surface area (Å²) in [6.07, 6.45) is 3.87. The van der Waals surface area contributed by atoms with Gasteiger partial charge in [-0.05, 0) is 32.6 Å². The first-order valence-electron chi connectivity index (χ1n) is 6.59. The minimum absolute atomic E-state index is 0.229. The zero-order chi connectivity index (χ0) is 12.1. The van der Waals surface area contributed by atoms with Gasteiger partial charge >= 0.3 is 0 Å². The number of hydrogen-bond donors (Lipinski definition) is 2. The fourth-order valence-corrected chi connectivity index (χ4v) is 2.53. The molecule has 1 saturated heterocycles. The lowest BCUT2D eigenvalue weighted by Gasteiger charge is -2.36. The molecule has 1 rings (SSSR count). The van der Waals surface area contributed by atoms with Crippen LogP contribution in [0.1, 0.15) is 47.0 Å². The van der Waals surface area contributed by atoms with Crippen LogP contribution in [0.2, 0.25) is 0 Å². The fraction of sp³-hybridized carbons (Fsp3) is 1.00. The maximum atomic E-state index is 9.40. The maximum absolute atomic E-state index is 9.40. The zero-order valence-corrected chi connectivity index (χ0v) is 11.1. The SMILES string of the molecule is CCC(C)C(CO)NC1CC(C)OC(C)C1. The minimum atomic E-state index is 0.229. The van der Waals surface area contributed by atoms with Crippen molar-refractivity contribution in [2.75, 3.05) is 6.61 Å². The Morgan fingerprint density at radius 1 is 1.31 bits per heavy atom. The van der Waals surface area contributed by atoms with E-state index in [2.05, 4.69) is 33.0 Å². The summed E-state index contributed by atoms with van der Waals surface area (Å²) in [4.78, 5) is 0. The minimum Gasteiger partial charge on any atom is -0.395 e. The van der Waals surface area contributed by atoms with Crippen LogP contribution in [0.5, 0.6) is 0 Å². The molecule has 0 amide bonds. The summed E-state index contributed by atoms with van der Waals surface area (Å²) in [6.45, 7) is 8.85. The Kier molecular flexibility index (Phi) is 5.73. The van der Waals surface area contributed by atoms with Crippen LogP contribution in [0.25, 0.3) is 0 Å². The zero-order valence-electron chi connectivity index (χ0n) is 11.1. The van der Waals surface area contributed by atoms with Gasteiger partial charge in [-0.15, -0.1) is 0 Å². The van der Waals surface area contributed by atoms with Gasteiger partial charge in [-0.1, -0.05) is 20.3 Å². The molecule has 0 radical (unpaired) electrons. The molecule has 1 fully saturated rings. The second-order valence-electron chi connectivity index (χ2n) is 5.27. The quantitative estimate of drug-likeness (QED) is 0.757. The normalized spacial score (nSPS) is 34.7. The molecule has 3 nitrogen and oxygen atoms in total. The van der Waals surface area contributed by atoms with Gasteiger partial charge in [-0.25, -0.2) is 0 Å². The van der Waals surface area contributed by atoms with Gasteiger partial charge < -0.3 is 15.2 Å². The molecule has 2 N–H and O–H groups in total. The number of rotatable bonds is 5. The molecule has 4 unspecified atom stereocenters. The molecule has 0 spiro atoms. The van der Waals surface area contributed by atoms with Crippen LogP contribution in [-0.2, 0) is 4.74 Å². The Morgan fingerprint density at radius 3 is 2.31 bits per heavy atom. The topological polar surface area (TPSA) is 41.5 Å². The van der Waals surface area contributed by atoms with Crippen molar-refractivity contribution in [1.29, 1.82) is 0 Å². The standard InChI is InChI=1S/C13H27NO2/c1-5-9(2)13(8-15)14-12-6-10(3)16-11(4)7-12/h9-15H,5-8H2,1-4H3. The summed E-state index contributed by atoms with van der Waals surface area (Å²) in [7, 11) is 0. The molecule has 96 valence electrons. The van der Waals surface area contributed by atoms with E-state index in [-0.39, 0.29) is 12.6 Å². The van der Waals surface area contributed by atoms with E-state index in [1.54, 1.807) is 0 Å². The van der Waals surface area contributed by atoms with Crippen molar-refractivity contribution < 1.29 is 9.84 Å². The third-order valence-corrected chi connectivity index (χ3v) is 3.67. The highest BCUT2D eigenvalue weighted by molar-refractivity contribution is 4.83. The predicted molar refractivity (Wildman–Crippen MR) is 66.5 cm³/mol. The van der Waals surface area contributed by atoms with Crippen molar-refractivity contribution in [1.82, 2.24) is 5.32 Å². The highest BCUT2D eigenvalue weighted by atomic mass is 16.5. The van der Waals surface area contributed by atoms with E-state index >= 15 is 0 Å². The number of nitrogens with one attached hydrogen (secondary N) is 1. The van der Waals surface area contributed by atoms with Crippen LogP contribution < -0.4 is 5.32 Å². The summed E-state index contributed by atoms with van der Waals surface area (Å²) >= 11 is 0. The molecule has 1 aliphatic rings. The van der Waals surface area contributed by atoms with Gasteiger partial charge in [-0.2, -0.15) is 0 Å². The Labute approximate surface area is 99.6 Å². The lowest BCUT2D eigenvalue weighted by atomic mass is 9.94. The summed E-state index contributed by atoms with van der Waals surface area (Å²) < 4.78 is 5.72. The van der Waals surface area contributed by atoms with E-state index in [4.69, 9.17) is 4.74 Å². The van der Waals surface area contributed by atoms with Crippen molar-refractivity contribution in [3.8, 4) is 0 Å². The molecule has 1 aliphatic heterocycles. The predicted octanol–water partition coefficient (Wildman–Crippen LogP) is 1.94. The third-order valence-electron chi connectivity index (χ3n) is 3.67. The van der Waals surface area contributed by atoms with Crippen molar-refractivity contribution >= 4 is 0 Å². The molecule has 0 aliphatic carbocycles. The van der Waals surface area contributed by atoms with Gasteiger partial charge in [0.15, 0.2) is 0 Å². The Morgan fingerprint density at radius 2 is 1.88 bits per heavy atom. The van der Waals surface area contributed by atoms with Gasteiger partial charge in [0.1, 0.15) is 0 Å².